The second-order valence-electron chi connectivity index (χ2n) is 8.82. The van der Waals surface area contributed by atoms with Crippen molar-refractivity contribution in [3.63, 3.8) is 0 Å². The zero-order valence-electron chi connectivity index (χ0n) is 20.6. The summed E-state index contributed by atoms with van der Waals surface area (Å²) < 4.78 is 0. The van der Waals surface area contributed by atoms with E-state index in [1.54, 1.807) is 0 Å². The van der Waals surface area contributed by atoms with Crippen molar-refractivity contribution in [1.82, 2.24) is 5.32 Å². The normalized spacial score (nSPS) is 11.6. The molecule has 2 aromatic rings. The van der Waals surface area contributed by atoms with E-state index in [-0.39, 0.29) is 11.7 Å². The first kappa shape index (κ1) is 26.4. The monoisotopic (exact) mass is 448 g/mol. The Hall–Kier alpha value is -2.88. The lowest BCUT2D eigenvalue weighted by Crippen LogP contribution is -2.23. The smallest absolute Gasteiger partial charge is 0.152 e. The van der Waals surface area contributed by atoms with E-state index < -0.39 is 0 Å². The van der Waals surface area contributed by atoms with Gasteiger partial charge in [0.15, 0.2) is 5.78 Å². The van der Waals surface area contributed by atoms with E-state index in [1.807, 2.05) is 25.1 Å². The number of allylic oxidation sites excluding steroid dienone is 1. The molecule has 2 aromatic carbocycles. The van der Waals surface area contributed by atoms with Crippen LogP contribution >= 0.6 is 0 Å². The van der Waals surface area contributed by atoms with Crippen LogP contribution in [0.4, 0.5) is 5.69 Å². The average molecular weight is 449 g/mol. The molecule has 4 heteroatoms. The summed E-state index contributed by atoms with van der Waals surface area (Å²) >= 11 is 0. The summed E-state index contributed by atoms with van der Waals surface area (Å²) in [5, 5.41) is 6.63. The number of Topliss-reactive ketones (excluding diaryl/α,β-unsaturated/α-hetero) is 2. The Morgan fingerprint density at radius 3 is 2.42 bits per heavy atom. The zero-order valence-corrected chi connectivity index (χ0v) is 20.6. The van der Waals surface area contributed by atoms with Gasteiger partial charge >= 0.3 is 0 Å². The van der Waals surface area contributed by atoms with E-state index in [1.165, 1.54) is 16.7 Å². The van der Waals surface area contributed by atoms with Crippen molar-refractivity contribution in [2.45, 2.75) is 71.6 Å². The van der Waals surface area contributed by atoms with E-state index in [0.29, 0.717) is 38.1 Å². The highest BCUT2D eigenvalue weighted by Crippen LogP contribution is 2.21. The zero-order chi connectivity index (χ0) is 24.1. The Bertz CT molecular complexity index is 905. The maximum absolute atomic E-state index is 12.4. The molecule has 33 heavy (non-hydrogen) atoms. The quantitative estimate of drug-likeness (QED) is 0.320. The van der Waals surface area contributed by atoms with Gasteiger partial charge in [0.2, 0.25) is 0 Å². The maximum Gasteiger partial charge on any atom is 0.152 e. The highest BCUT2D eigenvalue weighted by atomic mass is 16.1. The number of aryl methyl sites for hydroxylation is 2. The molecule has 0 unspecified atom stereocenters. The maximum atomic E-state index is 12.4. The second-order valence-corrected chi connectivity index (χ2v) is 8.82. The first-order chi connectivity index (χ1) is 15.9. The van der Waals surface area contributed by atoms with Gasteiger partial charge in [-0.15, -0.1) is 0 Å². The Kier molecular flexibility index (Phi) is 11.4. The molecule has 0 spiro atoms. The number of benzene rings is 2. The van der Waals surface area contributed by atoms with E-state index >= 15 is 0 Å². The standard InChI is InChI=1S/C29H40N2O2/c1-5-10-27(32)17-18-30-29-16-15-24(20-25(29)6-2)14-13-23(4)31-21-28(33)19-22(3)26-11-8-7-9-12-26/h7-9,11-12,15-16,20,22,30-31H,4-6,10,13-14,17-19,21H2,1-3H3/t22-/m0/s1. The Balaban J connectivity index is 1.75. The van der Waals surface area contributed by atoms with Gasteiger partial charge in [0.25, 0.3) is 0 Å². The predicted octanol–water partition coefficient (Wildman–Crippen LogP) is 6.22. The number of carbonyl (C=O) groups excluding carboxylic acids is 2. The van der Waals surface area contributed by atoms with E-state index in [9.17, 15) is 9.59 Å². The van der Waals surface area contributed by atoms with Crippen LogP contribution in [0.15, 0.2) is 60.8 Å². The number of hydrogen-bond donors (Lipinski definition) is 2. The van der Waals surface area contributed by atoms with Gasteiger partial charge in [0, 0.05) is 37.2 Å². The summed E-state index contributed by atoms with van der Waals surface area (Å²) in [7, 11) is 0. The minimum absolute atomic E-state index is 0.202. The molecule has 1 atom stereocenters. The summed E-state index contributed by atoms with van der Waals surface area (Å²) in [4.78, 5) is 24.1. The fourth-order valence-electron chi connectivity index (χ4n) is 3.93. The molecule has 0 radical (unpaired) electrons. The largest absolute Gasteiger partial charge is 0.384 e. The van der Waals surface area contributed by atoms with Crippen LogP contribution in [0, 0.1) is 0 Å². The lowest BCUT2D eigenvalue weighted by atomic mass is 9.96. The molecule has 0 fully saturated rings. The minimum Gasteiger partial charge on any atom is -0.384 e. The summed E-state index contributed by atoms with van der Waals surface area (Å²) in [6.45, 7) is 11.4. The first-order valence-electron chi connectivity index (χ1n) is 12.3. The lowest BCUT2D eigenvalue weighted by Gasteiger charge is -2.14. The summed E-state index contributed by atoms with van der Waals surface area (Å²) in [5.41, 5.74) is 5.72. The number of anilines is 1. The van der Waals surface area contributed by atoms with Crippen molar-refractivity contribution in [3.05, 3.63) is 77.5 Å². The molecule has 0 aliphatic carbocycles. The Labute approximate surface area is 199 Å². The Morgan fingerprint density at radius 2 is 1.73 bits per heavy atom. The molecule has 178 valence electrons. The van der Waals surface area contributed by atoms with Crippen LogP contribution in [0.3, 0.4) is 0 Å². The molecule has 0 saturated heterocycles. The van der Waals surface area contributed by atoms with Crippen LogP contribution in [0.2, 0.25) is 0 Å². The van der Waals surface area contributed by atoms with E-state index in [2.05, 4.69) is 61.4 Å². The number of nitrogens with one attached hydrogen (secondary N) is 2. The molecule has 0 aliphatic heterocycles. The van der Waals surface area contributed by atoms with Crippen LogP contribution < -0.4 is 10.6 Å². The van der Waals surface area contributed by atoms with Crippen molar-refractivity contribution in [1.29, 1.82) is 0 Å². The van der Waals surface area contributed by atoms with Crippen LogP contribution in [-0.4, -0.2) is 24.7 Å². The third kappa shape index (κ3) is 9.65. The van der Waals surface area contributed by atoms with E-state index in [0.717, 1.165) is 37.1 Å². The molecule has 0 saturated carbocycles. The van der Waals surface area contributed by atoms with Crippen molar-refractivity contribution in [2.24, 2.45) is 0 Å². The van der Waals surface area contributed by atoms with Crippen molar-refractivity contribution in [3.8, 4) is 0 Å². The molecule has 0 amide bonds. The summed E-state index contributed by atoms with van der Waals surface area (Å²) in [5.74, 6) is 0.741. The van der Waals surface area contributed by atoms with Gasteiger partial charge in [-0.1, -0.05) is 69.8 Å². The highest BCUT2D eigenvalue weighted by molar-refractivity contribution is 5.81. The molecule has 0 bridgehead atoms. The minimum atomic E-state index is 0.202. The van der Waals surface area contributed by atoms with Crippen molar-refractivity contribution >= 4 is 17.3 Å². The number of carbonyl (C=O) groups is 2. The van der Waals surface area contributed by atoms with Gasteiger partial charge in [-0.25, -0.2) is 0 Å². The molecule has 2 N–H and O–H groups in total. The second kappa shape index (κ2) is 14.3. The predicted molar refractivity (Wildman–Crippen MR) is 139 cm³/mol. The van der Waals surface area contributed by atoms with Crippen LogP contribution in [0.25, 0.3) is 0 Å². The van der Waals surface area contributed by atoms with Crippen LogP contribution in [0.5, 0.6) is 0 Å². The average Bonchev–Trinajstić information content (AvgIpc) is 2.82. The topological polar surface area (TPSA) is 58.2 Å². The van der Waals surface area contributed by atoms with Crippen LogP contribution in [-0.2, 0) is 22.4 Å². The molecule has 4 nitrogen and oxygen atoms in total. The molecule has 2 rings (SSSR count). The van der Waals surface area contributed by atoms with Gasteiger partial charge in [0.05, 0.1) is 6.54 Å². The summed E-state index contributed by atoms with van der Waals surface area (Å²) in [6.07, 6.45) is 5.29. The third-order valence-electron chi connectivity index (χ3n) is 5.95. The fraction of sp³-hybridized carbons (Fsp3) is 0.448. The molecular formula is C29H40N2O2. The van der Waals surface area contributed by atoms with Crippen molar-refractivity contribution < 1.29 is 9.59 Å². The Morgan fingerprint density at radius 1 is 0.970 bits per heavy atom. The molecule has 0 aromatic heterocycles. The van der Waals surface area contributed by atoms with Gasteiger partial charge < -0.3 is 10.6 Å². The molecule has 0 heterocycles. The summed E-state index contributed by atoms with van der Waals surface area (Å²) in [6, 6.07) is 16.6. The van der Waals surface area contributed by atoms with E-state index in [4.69, 9.17) is 0 Å². The van der Waals surface area contributed by atoms with Gasteiger partial charge in [-0.3, -0.25) is 9.59 Å². The van der Waals surface area contributed by atoms with Gasteiger partial charge in [-0.2, -0.15) is 0 Å². The highest BCUT2D eigenvalue weighted by Gasteiger charge is 2.11. The molecular weight excluding hydrogens is 408 g/mol. The first-order valence-corrected chi connectivity index (χ1v) is 12.3. The lowest BCUT2D eigenvalue weighted by molar-refractivity contribution is -0.119. The van der Waals surface area contributed by atoms with Crippen molar-refractivity contribution in [2.75, 3.05) is 18.4 Å². The van der Waals surface area contributed by atoms with Gasteiger partial charge in [0.1, 0.15) is 5.78 Å². The third-order valence-corrected chi connectivity index (χ3v) is 5.95. The molecule has 0 aliphatic rings. The number of ketones is 2. The van der Waals surface area contributed by atoms with Gasteiger partial charge in [-0.05, 0) is 54.4 Å². The fourth-order valence-corrected chi connectivity index (χ4v) is 3.93. The number of rotatable bonds is 16. The SMILES string of the molecule is C=C(CCc1ccc(NCCC(=O)CCC)c(CC)c1)NCC(=O)C[C@H](C)c1ccccc1. The van der Waals surface area contributed by atoms with Crippen LogP contribution in [0.1, 0.15) is 75.5 Å². The number of hydrogen-bond acceptors (Lipinski definition) is 4.